The summed E-state index contributed by atoms with van der Waals surface area (Å²) in [5.74, 6) is 0.135. The minimum atomic E-state index is -4.50. The molecule has 2 rings (SSSR count). The van der Waals surface area contributed by atoms with Crippen molar-refractivity contribution >= 4 is 0 Å². The first-order valence-corrected chi connectivity index (χ1v) is 6.26. The lowest BCUT2D eigenvalue weighted by molar-refractivity contribution is -0.140. The van der Waals surface area contributed by atoms with Gasteiger partial charge in [0, 0.05) is 24.6 Å². The van der Waals surface area contributed by atoms with Gasteiger partial charge in [0.1, 0.15) is 6.10 Å². The summed E-state index contributed by atoms with van der Waals surface area (Å²) in [6.07, 6.45) is -2.48. The molecule has 1 aliphatic rings. The molecule has 1 fully saturated rings. The number of pyridine rings is 1. The first-order chi connectivity index (χ1) is 8.95. The number of aromatic nitrogens is 1. The predicted molar refractivity (Wildman–Crippen MR) is 62.3 cm³/mol. The molecule has 1 aromatic rings. The largest absolute Gasteiger partial charge is 0.416 e. The SMILES string of the molecule is CCOC(C1CC1)C(O)c1cnccc1C(F)(F)F. The number of alkyl halides is 3. The maximum Gasteiger partial charge on any atom is 0.416 e. The van der Waals surface area contributed by atoms with Crippen molar-refractivity contribution < 1.29 is 23.0 Å². The standard InChI is InChI=1S/C13H16F3NO2/c1-2-19-12(8-3-4-8)11(18)9-7-17-6-5-10(9)13(14,15)16/h5-8,11-12,18H,2-4H2,1H3. The van der Waals surface area contributed by atoms with Crippen LogP contribution < -0.4 is 0 Å². The van der Waals surface area contributed by atoms with E-state index < -0.39 is 23.9 Å². The van der Waals surface area contributed by atoms with Crippen LogP contribution >= 0.6 is 0 Å². The summed E-state index contributed by atoms with van der Waals surface area (Å²) in [5, 5.41) is 10.2. The second kappa shape index (κ2) is 5.46. The minimum Gasteiger partial charge on any atom is -0.386 e. The average Bonchev–Trinajstić information content (AvgIpc) is 3.18. The molecule has 0 amide bonds. The Morgan fingerprint density at radius 3 is 2.68 bits per heavy atom. The Bertz CT molecular complexity index is 432. The van der Waals surface area contributed by atoms with Gasteiger partial charge in [0.2, 0.25) is 0 Å². The second-order valence-corrected chi connectivity index (χ2v) is 4.66. The third-order valence-corrected chi connectivity index (χ3v) is 3.23. The molecule has 1 aliphatic carbocycles. The monoisotopic (exact) mass is 275 g/mol. The summed E-state index contributed by atoms with van der Waals surface area (Å²) in [4.78, 5) is 3.69. The van der Waals surface area contributed by atoms with Gasteiger partial charge in [-0.1, -0.05) is 0 Å². The van der Waals surface area contributed by atoms with Crippen molar-refractivity contribution in [2.75, 3.05) is 6.61 Å². The fourth-order valence-corrected chi connectivity index (χ4v) is 2.18. The lowest BCUT2D eigenvalue weighted by atomic mass is 9.98. The molecule has 1 aromatic heterocycles. The fourth-order valence-electron chi connectivity index (χ4n) is 2.18. The molecular formula is C13H16F3NO2. The Kier molecular flexibility index (Phi) is 4.10. The molecule has 6 heteroatoms. The van der Waals surface area contributed by atoms with Gasteiger partial charge >= 0.3 is 6.18 Å². The summed E-state index contributed by atoms with van der Waals surface area (Å²) in [5.41, 5.74) is -1.05. The van der Waals surface area contributed by atoms with Crippen molar-refractivity contribution in [1.82, 2.24) is 4.98 Å². The second-order valence-electron chi connectivity index (χ2n) is 4.66. The highest BCUT2D eigenvalue weighted by molar-refractivity contribution is 5.29. The first kappa shape index (κ1) is 14.3. The van der Waals surface area contributed by atoms with Crippen molar-refractivity contribution in [3.63, 3.8) is 0 Å². The van der Waals surface area contributed by atoms with Crippen LogP contribution in [0.15, 0.2) is 18.5 Å². The number of hydrogen-bond donors (Lipinski definition) is 1. The van der Waals surface area contributed by atoms with Crippen molar-refractivity contribution in [3.8, 4) is 0 Å². The lowest BCUT2D eigenvalue weighted by Gasteiger charge is -2.25. The highest BCUT2D eigenvalue weighted by atomic mass is 19.4. The Morgan fingerprint density at radius 2 is 2.16 bits per heavy atom. The van der Waals surface area contributed by atoms with Crippen LogP contribution in [0.3, 0.4) is 0 Å². The Labute approximate surface area is 109 Å². The van der Waals surface area contributed by atoms with E-state index in [2.05, 4.69) is 4.98 Å². The molecule has 1 heterocycles. The Balaban J connectivity index is 2.29. The molecule has 19 heavy (non-hydrogen) atoms. The first-order valence-electron chi connectivity index (χ1n) is 6.26. The smallest absolute Gasteiger partial charge is 0.386 e. The van der Waals surface area contributed by atoms with Gasteiger partial charge in [-0.2, -0.15) is 13.2 Å². The molecule has 0 saturated heterocycles. The maximum absolute atomic E-state index is 12.9. The Hall–Kier alpha value is -1.14. The molecule has 2 atom stereocenters. The van der Waals surface area contributed by atoms with Gasteiger partial charge in [-0.05, 0) is 31.7 Å². The molecule has 0 aliphatic heterocycles. The van der Waals surface area contributed by atoms with E-state index in [1.807, 2.05) is 0 Å². The van der Waals surface area contributed by atoms with Gasteiger partial charge in [0.25, 0.3) is 0 Å². The van der Waals surface area contributed by atoms with E-state index in [4.69, 9.17) is 4.74 Å². The number of halogens is 3. The minimum absolute atomic E-state index is 0.135. The number of aliphatic hydroxyl groups excluding tert-OH is 1. The fraction of sp³-hybridized carbons (Fsp3) is 0.615. The number of ether oxygens (including phenoxy) is 1. The molecule has 0 spiro atoms. The van der Waals surface area contributed by atoms with Gasteiger partial charge in [-0.15, -0.1) is 0 Å². The summed E-state index contributed by atoms with van der Waals surface area (Å²) in [6.45, 7) is 2.12. The van der Waals surface area contributed by atoms with E-state index in [-0.39, 0.29) is 11.5 Å². The zero-order valence-electron chi connectivity index (χ0n) is 10.5. The lowest BCUT2D eigenvalue weighted by Crippen LogP contribution is -2.27. The highest BCUT2D eigenvalue weighted by Gasteiger charge is 2.41. The molecule has 106 valence electrons. The zero-order chi connectivity index (χ0) is 14.0. The van der Waals surface area contributed by atoms with Crippen LogP contribution in [0.25, 0.3) is 0 Å². The third-order valence-electron chi connectivity index (χ3n) is 3.23. The van der Waals surface area contributed by atoms with Gasteiger partial charge < -0.3 is 9.84 Å². The van der Waals surface area contributed by atoms with Crippen LogP contribution in [0.1, 0.15) is 37.0 Å². The van der Waals surface area contributed by atoms with Crippen molar-refractivity contribution in [2.45, 2.75) is 38.1 Å². The molecule has 0 radical (unpaired) electrons. The highest BCUT2D eigenvalue weighted by Crippen LogP contribution is 2.42. The van der Waals surface area contributed by atoms with Crippen LogP contribution in [0.4, 0.5) is 13.2 Å². The van der Waals surface area contributed by atoms with Crippen LogP contribution in [0.2, 0.25) is 0 Å². The number of hydrogen-bond acceptors (Lipinski definition) is 3. The van der Waals surface area contributed by atoms with Crippen molar-refractivity contribution in [1.29, 1.82) is 0 Å². The zero-order valence-corrected chi connectivity index (χ0v) is 10.5. The summed E-state index contributed by atoms with van der Waals surface area (Å²) in [7, 11) is 0. The average molecular weight is 275 g/mol. The van der Waals surface area contributed by atoms with Gasteiger partial charge in [0.15, 0.2) is 0 Å². The molecule has 1 saturated carbocycles. The van der Waals surface area contributed by atoms with Crippen LogP contribution in [0.5, 0.6) is 0 Å². The van der Waals surface area contributed by atoms with E-state index in [0.717, 1.165) is 31.3 Å². The van der Waals surface area contributed by atoms with Crippen LogP contribution in [-0.2, 0) is 10.9 Å². The van der Waals surface area contributed by atoms with Crippen LogP contribution in [-0.4, -0.2) is 22.8 Å². The summed E-state index contributed by atoms with van der Waals surface area (Å²) >= 11 is 0. The van der Waals surface area contributed by atoms with E-state index in [1.54, 1.807) is 6.92 Å². The summed E-state index contributed by atoms with van der Waals surface area (Å²) in [6, 6.07) is 0.883. The topological polar surface area (TPSA) is 42.4 Å². The maximum atomic E-state index is 12.9. The van der Waals surface area contributed by atoms with E-state index >= 15 is 0 Å². The third kappa shape index (κ3) is 3.25. The number of nitrogens with zero attached hydrogens (tertiary/aromatic N) is 1. The van der Waals surface area contributed by atoms with Crippen molar-refractivity contribution in [2.24, 2.45) is 5.92 Å². The summed E-state index contributed by atoms with van der Waals surface area (Å²) < 4.78 is 44.1. The molecule has 3 nitrogen and oxygen atoms in total. The molecule has 0 aromatic carbocycles. The number of rotatable bonds is 5. The van der Waals surface area contributed by atoms with Gasteiger partial charge in [-0.25, -0.2) is 0 Å². The van der Waals surface area contributed by atoms with E-state index in [9.17, 15) is 18.3 Å². The van der Waals surface area contributed by atoms with Crippen molar-refractivity contribution in [3.05, 3.63) is 29.6 Å². The quantitative estimate of drug-likeness (QED) is 0.898. The van der Waals surface area contributed by atoms with Gasteiger partial charge in [-0.3, -0.25) is 4.98 Å². The molecular weight excluding hydrogens is 259 g/mol. The molecule has 2 unspecified atom stereocenters. The molecule has 1 N–H and O–H groups in total. The van der Waals surface area contributed by atoms with E-state index in [0.29, 0.717) is 6.61 Å². The predicted octanol–water partition coefficient (Wildman–Crippen LogP) is 2.95. The van der Waals surface area contributed by atoms with Gasteiger partial charge in [0.05, 0.1) is 11.7 Å². The van der Waals surface area contributed by atoms with Crippen LogP contribution in [0, 0.1) is 5.92 Å². The van der Waals surface area contributed by atoms with E-state index in [1.165, 1.54) is 0 Å². The molecule has 0 bridgehead atoms. The Morgan fingerprint density at radius 1 is 1.47 bits per heavy atom. The normalized spacial score (nSPS) is 19.2. The number of aliphatic hydroxyl groups is 1.